The van der Waals surface area contributed by atoms with Gasteiger partial charge in [0.25, 0.3) is 0 Å². The number of nitriles is 1. The van der Waals surface area contributed by atoms with Gasteiger partial charge < -0.3 is 9.73 Å². The number of rotatable bonds is 3. The maximum absolute atomic E-state index is 12.0. The van der Waals surface area contributed by atoms with Crippen molar-refractivity contribution in [3.63, 3.8) is 0 Å². The summed E-state index contributed by atoms with van der Waals surface area (Å²) in [6.07, 6.45) is 7.60. The van der Waals surface area contributed by atoms with Crippen LogP contribution >= 0.6 is 11.3 Å². The number of nitrogens with zero attached hydrogens (tertiary/aromatic N) is 1. The Morgan fingerprint density at radius 3 is 3.18 bits per heavy atom. The summed E-state index contributed by atoms with van der Waals surface area (Å²) in [4.78, 5) is 13.2. The highest BCUT2D eigenvalue weighted by molar-refractivity contribution is 7.16. The van der Waals surface area contributed by atoms with Gasteiger partial charge in [0.05, 0.1) is 11.8 Å². The fraction of sp³-hybridized carbons (Fsp3) is 0.294. The first-order valence-electron chi connectivity index (χ1n) is 7.24. The number of fused-ring (bicyclic) bond motifs is 1. The minimum Gasteiger partial charge on any atom is -0.465 e. The molecule has 22 heavy (non-hydrogen) atoms. The molecule has 0 bridgehead atoms. The number of hydrogen-bond donors (Lipinski definition) is 1. The highest BCUT2D eigenvalue weighted by Crippen LogP contribution is 2.39. The molecule has 0 aromatic carbocycles. The molecule has 2 aromatic heterocycles. The second-order valence-electron chi connectivity index (χ2n) is 5.51. The van der Waals surface area contributed by atoms with Gasteiger partial charge in [-0.25, -0.2) is 0 Å². The Morgan fingerprint density at radius 2 is 2.45 bits per heavy atom. The Hall–Kier alpha value is -2.32. The molecule has 1 amide bonds. The monoisotopic (exact) mass is 312 g/mol. The Bertz CT molecular complexity index is 750. The molecule has 0 aliphatic heterocycles. The van der Waals surface area contributed by atoms with Crippen molar-refractivity contribution < 1.29 is 9.21 Å². The van der Waals surface area contributed by atoms with E-state index in [4.69, 9.17) is 4.42 Å². The molecule has 112 valence electrons. The van der Waals surface area contributed by atoms with Crippen LogP contribution in [0, 0.1) is 17.2 Å². The van der Waals surface area contributed by atoms with Crippen LogP contribution in [0.1, 0.15) is 35.1 Å². The van der Waals surface area contributed by atoms with Gasteiger partial charge in [-0.05, 0) is 49.0 Å². The first kappa shape index (κ1) is 14.6. The summed E-state index contributed by atoms with van der Waals surface area (Å²) in [7, 11) is 0. The highest BCUT2D eigenvalue weighted by Gasteiger charge is 2.24. The summed E-state index contributed by atoms with van der Waals surface area (Å²) in [5, 5.41) is 12.9. The Labute approximate surface area is 133 Å². The lowest BCUT2D eigenvalue weighted by Gasteiger charge is -2.17. The predicted octanol–water partition coefficient (Wildman–Crippen LogP) is 3.99. The molecule has 0 saturated carbocycles. The molecule has 3 rings (SSSR count). The van der Waals surface area contributed by atoms with Crippen LogP contribution in [-0.4, -0.2) is 5.91 Å². The maximum Gasteiger partial charge on any atom is 0.249 e. The van der Waals surface area contributed by atoms with Gasteiger partial charge in [-0.2, -0.15) is 5.26 Å². The smallest absolute Gasteiger partial charge is 0.249 e. The Kier molecular flexibility index (Phi) is 4.12. The van der Waals surface area contributed by atoms with Crippen molar-refractivity contribution in [3.8, 4) is 6.07 Å². The van der Waals surface area contributed by atoms with Crippen molar-refractivity contribution in [3.05, 3.63) is 46.2 Å². The molecular formula is C17H16N2O2S. The number of carbonyl (C=O) groups excluding carboxylic acids is 1. The fourth-order valence-corrected chi connectivity index (χ4v) is 4.02. The second kappa shape index (κ2) is 6.20. The first-order chi connectivity index (χ1) is 10.7. The zero-order chi connectivity index (χ0) is 15.5. The zero-order valence-corrected chi connectivity index (χ0v) is 13.1. The number of furan rings is 1. The largest absolute Gasteiger partial charge is 0.465 e. The molecule has 0 radical (unpaired) electrons. The van der Waals surface area contributed by atoms with E-state index in [-0.39, 0.29) is 5.91 Å². The number of thiophene rings is 1. The van der Waals surface area contributed by atoms with Crippen LogP contribution in [-0.2, 0) is 17.6 Å². The Morgan fingerprint density at radius 1 is 1.59 bits per heavy atom. The van der Waals surface area contributed by atoms with Crippen molar-refractivity contribution in [1.29, 1.82) is 5.26 Å². The van der Waals surface area contributed by atoms with E-state index >= 15 is 0 Å². The van der Waals surface area contributed by atoms with Gasteiger partial charge in [0.2, 0.25) is 5.91 Å². The van der Waals surface area contributed by atoms with E-state index < -0.39 is 0 Å². The lowest BCUT2D eigenvalue weighted by Crippen LogP contribution is -2.10. The Balaban J connectivity index is 1.78. The normalized spacial score (nSPS) is 17.2. The van der Waals surface area contributed by atoms with E-state index in [0.29, 0.717) is 22.2 Å². The van der Waals surface area contributed by atoms with Gasteiger partial charge in [-0.3, -0.25) is 4.79 Å². The average Bonchev–Trinajstić information content (AvgIpc) is 3.11. The van der Waals surface area contributed by atoms with E-state index in [2.05, 4.69) is 18.3 Å². The van der Waals surface area contributed by atoms with Gasteiger partial charge in [0.1, 0.15) is 16.8 Å². The maximum atomic E-state index is 12.0. The second-order valence-corrected chi connectivity index (χ2v) is 6.61. The molecule has 0 fully saturated rings. The van der Waals surface area contributed by atoms with Gasteiger partial charge in [0, 0.05) is 11.0 Å². The SMILES string of the molecule is C[C@@H]1CCc2c(sc(NC(=O)/C=C\c3ccco3)c2C#N)C1. The zero-order valence-electron chi connectivity index (χ0n) is 12.3. The minimum absolute atomic E-state index is 0.250. The molecule has 0 unspecified atom stereocenters. The molecule has 1 atom stereocenters. The first-order valence-corrected chi connectivity index (χ1v) is 8.06. The number of amides is 1. The van der Waals surface area contributed by atoms with Crippen LogP contribution in [0.3, 0.4) is 0 Å². The molecule has 2 aromatic rings. The predicted molar refractivity (Wildman–Crippen MR) is 86.6 cm³/mol. The molecular weight excluding hydrogens is 296 g/mol. The van der Waals surface area contributed by atoms with Crippen LogP contribution in [0.25, 0.3) is 6.08 Å². The lowest BCUT2D eigenvalue weighted by atomic mass is 9.89. The summed E-state index contributed by atoms with van der Waals surface area (Å²) >= 11 is 1.53. The highest BCUT2D eigenvalue weighted by atomic mass is 32.1. The van der Waals surface area contributed by atoms with Crippen LogP contribution in [0.5, 0.6) is 0 Å². The van der Waals surface area contributed by atoms with Crippen molar-refractivity contribution in [1.82, 2.24) is 0 Å². The summed E-state index contributed by atoms with van der Waals surface area (Å²) < 4.78 is 5.14. The molecule has 1 N–H and O–H groups in total. The fourth-order valence-electron chi connectivity index (χ4n) is 2.65. The van der Waals surface area contributed by atoms with E-state index in [1.807, 2.05) is 0 Å². The minimum atomic E-state index is -0.250. The van der Waals surface area contributed by atoms with Crippen molar-refractivity contribution >= 4 is 28.3 Å². The van der Waals surface area contributed by atoms with Crippen molar-refractivity contribution in [2.75, 3.05) is 5.32 Å². The van der Waals surface area contributed by atoms with E-state index in [0.717, 1.165) is 24.8 Å². The summed E-state index contributed by atoms with van der Waals surface area (Å²) in [5.41, 5.74) is 1.75. The number of anilines is 1. The summed E-state index contributed by atoms with van der Waals surface area (Å²) in [5.74, 6) is 1.01. The van der Waals surface area contributed by atoms with Gasteiger partial charge in [-0.1, -0.05) is 6.92 Å². The molecule has 5 heteroatoms. The third-order valence-electron chi connectivity index (χ3n) is 3.80. The van der Waals surface area contributed by atoms with E-state index in [9.17, 15) is 10.1 Å². The summed E-state index contributed by atoms with van der Waals surface area (Å²) in [6.45, 7) is 2.22. The van der Waals surface area contributed by atoms with Crippen LogP contribution < -0.4 is 5.32 Å². The topological polar surface area (TPSA) is 66.0 Å². The van der Waals surface area contributed by atoms with E-state index in [1.165, 1.54) is 22.3 Å². The molecule has 2 heterocycles. The van der Waals surface area contributed by atoms with Gasteiger partial charge >= 0.3 is 0 Å². The van der Waals surface area contributed by atoms with Gasteiger partial charge in [-0.15, -0.1) is 11.3 Å². The number of nitrogens with one attached hydrogen (secondary N) is 1. The molecule has 1 aliphatic rings. The third kappa shape index (κ3) is 2.97. The molecule has 1 aliphatic carbocycles. The van der Waals surface area contributed by atoms with Crippen LogP contribution in [0.15, 0.2) is 28.9 Å². The number of carbonyl (C=O) groups is 1. The number of hydrogen-bond acceptors (Lipinski definition) is 4. The summed E-state index contributed by atoms with van der Waals surface area (Å²) in [6, 6.07) is 5.78. The molecule has 4 nitrogen and oxygen atoms in total. The van der Waals surface area contributed by atoms with Gasteiger partial charge in [0.15, 0.2) is 0 Å². The molecule has 0 spiro atoms. The lowest BCUT2D eigenvalue weighted by molar-refractivity contribution is -0.111. The van der Waals surface area contributed by atoms with Crippen molar-refractivity contribution in [2.24, 2.45) is 5.92 Å². The average molecular weight is 312 g/mol. The van der Waals surface area contributed by atoms with E-state index in [1.54, 1.807) is 24.5 Å². The van der Waals surface area contributed by atoms with Crippen LogP contribution in [0.2, 0.25) is 0 Å². The molecule has 0 saturated heterocycles. The van der Waals surface area contributed by atoms with Crippen LogP contribution in [0.4, 0.5) is 5.00 Å². The quantitative estimate of drug-likeness (QED) is 0.871. The van der Waals surface area contributed by atoms with Crippen molar-refractivity contribution in [2.45, 2.75) is 26.2 Å². The standard InChI is InChI=1S/C17H16N2O2S/c1-11-4-6-13-14(10-18)17(22-15(13)9-11)19-16(20)7-5-12-3-2-8-21-12/h2-3,5,7-8,11H,4,6,9H2,1H3,(H,19,20)/b7-5-/t11-/m1/s1. The third-order valence-corrected chi connectivity index (χ3v) is 4.97.